The van der Waals surface area contributed by atoms with Crippen molar-refractivity contribution in [2.24, 2.45) is 0 Å². The maximum Gasteiger partial charge on any atom is 0.340 e. The fourth-order valence-corrected chi connectivity index (χ4v) is 2.25. The molecule has 1 aromatic carbocycles. The number of esters is 1. The summed E-state index contributed by atoms with van der Waals surface area (Å²) in [4.78, 5) is 14.0. The molecule has 1 rings (SSSR count). The molecule has 0 spiro atoms. The number of nitrogens with one attached hydrogen (secondary N) is 1. The number of methoxy groups -OCH3 is 1. The summed E-state index contributed by atoms with van der Waals surface area (Å²) in [5.74, 6) is -0.454. The van der Waals surface area contributed by atoms with Gasteiger partial charge in [0.2, 0.25) is 0 Å². The van der Waals surface area contributed by atoms with Crippen LogP contribution < -0.4 is 11.1 Å². The fraction of sp³-hybridized carbons (Fsp3) is 0.500. The van der Waals surface area contributed by atoms with Gasteiger partial charge in [-0.05, 0) is 25.2 Å². The molecule has 0 aliphatic rings. The number of rotatable bonds is 7. The number of carbonyl (C=O) groups excluding carboxylic acids is 1. The highest BCUT2D eigenvalue weighted by atomic mass is 35.5. The zero-order chi connectivity index (χ0) is 15.1. The minimum Gasteiger partial charge on any atom is -0.465 e. The summed E-state index contributed by atoms with van der Waals surface area (Å²) >= 11 is 6.15. The monoisotopic (exact) mass is 299 g/mol. The number of nitrogens with zero attached hydrogens (tertiary/aromatic N) is 1. The quantitative estimate of drug-likeness (QED) is 0.598. The zero-order valence-corrected chi connectivity index (χ0v) is 13.0. The number of nitrogens with two attached hydrogens (primary N) is 1. The molecular weight excluding hydrogens is 278 g/mol. The van der Waals surface area contributed by atoms with E-state index in [0.29, 0.717) is 28.5 Å². The third-order valence-electron chi connectivity index (χ3n) is 3.14. The lowest BCUT2D eigenvalue weighted by atomic mass is 10.1. The Morgan fingerprint density at radius 2 is 2.05 bits per heavy atom. The Balaban J connectivity index is 2.85. The molecule has 20 heavy (non-hydrogen) atoms. The Kier molecular flexibility index (Phi) is 6.61. The average Bonchev–Trinajstić information content (AvgIpc) is 2.44. The summed E-state index contributed by atoms with van der Waals surface area (Å²) in [7, 11) is 1.33. The largest absolute Gasteiger partial charge is 0.465 e. The van der Waals surface area contributed by atoms with Crippen molar-refractivity contribution in [2.45, 2.75) is 13.8 Å². The number of likely N-dealkylation sites (N-methyl/N-ethyl adjacent to an activating group) is 1. The van der Waals surface area contributed by atoms with Crippen LogP contribution in [0.1, 0.15) is 24.2 Å². The van der Waals surface area contributed by atoms with E-state index in [4.69, 9.17) is 22.1 Å². The van der Waals surface area contributed by atoms with E-state index in [9.17, 15) is 4.79 Å². The maximum atomic E-state index is 11.8. The predicted molar refractivity (Wildman–Crippen MR) is 83.5 cm³/mol. The van der Waals surface area contributed by atoms with Gasteiger partial charge in [-0.2, -0.15) is 0 Å². The van der Waals surface area contributed by atoms with Crippen molar-refractivity contribution in [3.63, 3.8) is 0 Å². The van der Waals surface area contributed by atoms with Gasteiger partial charge in [0.1, 0.15) is 0 Å². The van der Waals surface area contributed by atoms with Gasteiger partial charge in [-0.25, -0.2) is 4.79 Å². The van der Waals surface area contributed by atoms with Crippen LogP contribution in [-0.4, -0.2) is 44.2 Å². The van der Waals surface area contributed by atoms with Crippen LogP contribution in [0.3, 0.4) is 0 Å². The molecule has 0 aromatic heterocycles. The topological polar surface area (TPSA) is 67.6 Å². The first-order chi connectivity index (χ1) is 9.53. The highest BCUT2D eigenvalue weighted by Crippen LogP contribution is 2.29. The van der Waals surface area contributed by atoms with Gasteiger partial charge < -0.3 is 20.7 Å². The van der Waals surface area contributed by atoms with Crippen LogP contribution in [0.4, 0.5) is 11.4 Å². The van der Waals surface area contributed by atoms with E-state index in [1.807, 2.05) is 0 Å². The molecule has 5 nitrogen and oxygen atoms in total. The summed E-state index contributed by atoms with van der Waals surface area (Å²) in [5.41, 5.74) is 7.08. The molecule has 0 aliphatic heterocycles. The summed E-state index contributed by atoms with van der Waals surface area (Å²) in [6.07, 6.45) is 0. The Labute approximate surface area is 125 Å². The molecule has 0 unspecified atom stereocenters. The van der Waals surface area contributed by atoms with Crippen molar-refractivity contribution < 1.29 is 9.53 Å². The lowest BCUT2D eigenvalue weighted by molar-refractivity contribution is 0.0602. The van der Waals surface area contributed by atoms with Crippen LogP contribution in [0, 0.1) is 0 Å². The molecule has 0 radical (unpaired) electrons. The lowest BCUT2D eigenvalue weighted by Crippen LogP contribution is -2.29. The van der Waals surface area contributed by atoms with E-state index >= 15 is 0 Å². The van der Waals surface area contributed by atoms with Gasteiger partial charge in [0.25, 0.3) is 0 Å². The van der Waals surface area contributed by atoms with Crippen molar-refractivity contribution in [3.05, 3.63) is 22.7 Å². The second-order valence-corrected chi connectivity index (χ2v) is 4.78. The highest BCUT2D eigenvalue weighted by molar-refractivity contribution is 6.34. The Bertz CT molecular complexity index is 462. The van der Waals surface area contributed by atoms with E-state index in [1.165, 1.54) is 7.11 Å². The van der Waals surface area contributed by atoms with Crippen LogP contribution in [-0.2, 0) is 4.74 Å². The van der Waals surface area contributed by atoms with Gasteiger partial charge >= 0.3 is 5.97 Å². The number of hydrogen-bond acceptors (Lipinski definition) is 5. The van der Waals surface area contributed by atoms with E-state index in [2.05, 4.69) is 24.1 Å². The van der Waals surface area contributed by atoms with Crippen LogP contribution in [0.15, 0.2) is 12.1 Å². The number of nitrogen functional groups attached to an aromatic ring is 1. The molecule has 3 N–H and O–H groups in total. The van der Waals surface area contributed by atoms with Crippen LogP contribution in [0.5, 0.6) is 0 Å². The van der Waals surface area contributed by atoms with E-state index in [1.54, 1.807) is 12.1 Å². The first kappa shape index (κ1) is 16.6. The molecule has 0 saturated carbocycles. The summed E-state index contributed by atoms with van der Waals surface area (Å²) in [5, 5.41) is 3.61. The average molecular weight is 300 g/mol. The summed E-state index contributed by atoms with van der Waals surface area (Å²) in [6.45, 7) is 7.75. The van der Waals surface area contributed by atoms with Crippen molar-refractivity contribution in [1.82, 2.24) is 4.90 Å². The molecule has 0 bridgehead atoms. The minimum atomic E-state index is -0.454. The van der Waals surface area contributed by atoms with Crippen molar-refractivity contribution in [2.75, 3.05) is 44.3 Å². The molecule has 0 atom stereocenters. The summed E-state index contributed by atoms with van der Waals surface area (Å²) in [6, 6.07) is 3.19. The Morgan fingerprint density at radius 3 is 2.60 bits per heavy atom. The summed E-state index contributed by atoms with van der Waals surface area (Å²) < 4.78 is 4.75. The molecule has 0 aliphatic carbocycles. The second kappa shape index (κ2) is 7.97. The van der Waals surface area contributed by atoms with Gasteiger partial charge in [0, 0.05) is 18.8 Å². The zero-order valence-electron chi connectivity index (χ0n) is 12.2. The minimum absolute atomic E-state index is 0.358. The molecule has 6 heteroatoms. The molecule has 0 saturated heterocycles. The predicted octanol–water partition coefficient (Wildman–Crippen LogP) is 2.46. The van der Waals surface area contributed by atoms with Crippen molar-refractivity contribution in [1.29, 1.82) is 0 Å². The van der Waals surface area contributed by atoms with E-state index in [-0.39, 0.29) is 0 Å². The molecule has 112 valence electrons. The number of halogens is 1. The Hall–Kier alpha value is -1.46. The highest BCUT2D eigenvalue weighted by Gasteiger charge is 2.16. The number of hydrogen-bond donors (Lipinski definition) is 2. The van der Waals surface area contributed by atoms with Gasteiger partial charge in [-0.15, -0.1) is 0 Å². The van der Waals surface area contributed by atoms with Crippen molar-refractivity contribution in [3.8, 4) is 0 Å². The van der Waals surface area contributed by atoms with E-state index in [0.717, 1.165) is 19.6 Å². The number of anilines is 2. The fourth-order valence-electron chi connectivity index (χ4n) is 1.96. The number of benzene rings is 1. The number of carbonyl (C=O) groups is 1. The van der Waals surface area contributed by atoms with Crippen molar-refractivity contribution >= 4 is 28.9 Å². The van der Waals surface area contributed by atoms with Gasteiger partial charge in [-0.3, -0.25) is 0 Å². The molecule has 1 aromatic rings. The molecular formula is C14H22ClN3O2. The normalized spacial score (nSPS) is 10.7. The van der Waals surface area contributed by atoms with Crippen LogP contribution in [0.2, 0.25) is 5.02 Å². The van der Waals surface area contributed by atoms with Gasteiger partial charge in [-0.1, -0.05) is 25.4 Å². The SMILES string of the molecule is CCN(CC)CCNc1c(Cl)cc(N)cc1C(=O)OC. The molecule has 0 amide bonds. The first-order valence-electron chi connectivity index (χ1n) is 6.67. The smallest absolute Gasteiger partial charge is 0.340 e. The maximum absolute atomic E-state index is 11.8. The van der Waals surface area contributed by atoms with Gasteiger partial charge in [0.15, 0.2) is 0 Å². The van der Waals surface area contributed by atoms with Crippen LogP contribution >= 0.6 is 11.6 Å². The number of ether oxygens (including phenoxy) is 1. The lowest BCUT2D eigenvalue weighted by Gasteiger charge is -2.19. The Morgan fingerprint density at radius 1 is 1.40 bits per heavy atom. The van der Waals surface area contributed by atoms with Gasteiger partial charge in [0.05, 0.1) is 23.4 Å². The third-order valence-corrected chi connectivity index (χ3v) is 3.44. The first-order valence-corrected chi connectivity index (χ1v) is 7.04. The third kappa shape index (κ3) is 4.28. The van der Waals surface area contributed by atoms with E-state index < -0.39 is 5.97 Å². The molecule has 0 heterocycles. The second-order valence-electron chi connectivity index (χ2n) is 4.37. The standard InChI is InChI=1S/C14H22ClN3O2/c1-4-18(5-2)7-6-17-13-11(14(19)20-3)8-10(16)9-12(13)15/h8-9,17H,4-7,16H2,1-3H3. The molecule has 0 fully saturated rings. The van der Waals surface area contributed by atoms with Crippen LogP contribution in [0.25, 0.3) is 0 Å².